The first-order chi connectivity index (χ1) is 19.2. The molecule has 2 amide bonds. The molecular formula is C25H30F5N5O4S2. The second-order valence-electron chi connectivity index (χ2n) is 10.2. The van der Waals surface area contributed by atoms with Crippen molar-refractivity contribution in [3.05, 3.63) is 28.5 Å². The van der Waals surface area contributed by atoms with Crippen molar-refractivity contribution in [2.75, 3.05) is 23.4 Å². The number of sulfone groups is 1. The number of alkyl halides is 5. The van der Waals surface area contributed by atoms with Gasteiger partial charge in [-0.15, -0.1) is 11.3 Å². The summed E-state index contributed by atoms with van der Waals surface area (Å²) in [5.41, 5.74) is -1.12. The maximum absolute atomic E-state index is 14.3. The molecule has 0 spiro atoms. The lowest BCUT2D eigenvalue weighted by atomic mass is 10.1. The Morgan fingerprint density at radius 3 is 2.44 bits per heavy atom. The Hall–Kier alpha value is -2.88. The fraction of sp³-hybridized carbons (Fsp3) is 0.600. The lowest BCUT2D eigenvalue weighted by molar-refractivity contribution is -0.142. The molecule has 2 aromatic rings. The van der Waals surface area contributed by atoms with Crippen molar-refractivity contribution in [3.8, 4) is 10.4 Å². The van der Waals surface area contributed by atoms with Crippen LogP contribution < -0.4 is 10.6 Å². The smallest absolute Gasteiger partial charge is 0.359 e. The van der Waals surface area contributed by atoms with E-state index in [1.165, 1.54) is 11.8 Å². The number of rotatable bonds is 8. The van der Waals surface area contributed by atoms with E-state index in [1.807, 2.05) is 6.92 Å². The minimum atomic E-state index is -4.63. The number of aromatic nitrogens is 2. The first kappa shape index (κ1) is 31.1. The van der Waals surface area contributed by atoms with E-state index < -0.39 is 57.7 Å². The van der Waals surface area contributed by atoms with E-state index in [-0.39, 0.29) is 58.0 Å². The lowest BCUT2D eigenvalue weighted by Gasteiger charge is -2.22. The molecule has 2 aliphatic heterocycles. The highest BCUT2D eigenvalue weighted by atomic mass is 32.2. The molecule has 2 aliphatic rings. The molecule has 4 heterocycles. The number of amides is 2. The molecule has 2 N–H and O–H groups in total. The minimum absolute atomic E-state index is 0.0531. The monoisotopic (exact) mass is 623 g/mol. The quantitative estimate of drug-likeness (QED) is 0.404. The number of pyridine rings is 1. The summed E-state index contributed by atoms with van der Waals surface area (Å²) in [6, 6.07) is -1.79. The number of thiazole rings is 1. The van der Waals surface area contributed by atoms with Gasteiger partial charge in [-0.1, -0.05) is 6.92 Å². The zero-order valence-corrected chi connectivity index (χ0v) is 23.9. The third-order valence-electron chi connectivity index (χ3n) is 7.27. The highest BCUT2D eigenvalue weighted by molar-refractivity contribution is 7.91. The second-order valence-corrected chi connectivity index (χ2v) is 13.5. The molecule has 2 unspecified atom stereocenters. The highest BCUT2D eigenvalue weighted by Crippen LogP contribution is 2.39. The summed E-state index contributed by atoms with van der Waals surface area (Å²) in [5.74, 6) is -1.84. The van der Waals surface area contributed by atoms with Crippen LogP contribution in [-0.4, -0.2) is 77.5 Å². The van der Waals surface area contributed by atoms with Gasteiger partial charge in [0.2, 0.25) is 0 Å². The van der Waals surface area contributed by atoms with Crippen molar-refractivity contribution in [1.29, 1.82) is 0 Å². The molecule has 226 valence electrons. The number of halogens is 5. The first-order valence-corrected chi connectivity index (χ1v) is 15.8. The van der Waals surface area contributed by atoms with Gasteiger partial charge in [-0.3, -0.25) is 9.59 Å². The van der Waals surface area contributed by atoms with Gasteiger partial charge >= 0.3 is 6.18 Å². The van der Waals surface area contributed by atoms with Crippen LogP contribution in [0.1, 0.15) is 78.2 Å². The summed E-state index contributed by atoms with van der Waals surface area (Å²) in [4.78, 5) is 36.2. The Bertz CT molecular complexity index is 1390. The van der Waals surface area contributed by atoms with Gasteiger partial charge in [-0.2, -0.15) is 13.2 Å². The van der Waals surface area contributed by atoms with Gasteiger partial charge in [0.25, 0.3) is 18.2 Å². The van der Waals surface area contributed by atoms with Crippen molar-refractivity contribution in [2.24, 2.45) is 0 Å². The topological polar surface area (TPSA) is 121 Å². The zero-order chi connectivity index (χ0) is 30.1. The molecule has 4 rings (SSSR count). The van der Waals surface area contributed by atoms with E-state index in [2.05, 4.69) is 20.6 Å². The van der Waals surface area contributed by atoms with Crippen LogP contribution in [0.4, 0.5) is 27.8 Å². The molecule has 2 aromatic heterocycles. The molecule has 0 bridgehead atoms. The van der Waals surface area contributed by atoms with E-state index in [9.17, 15) is 40.0 Å². The number of hydrogen-bond donors (Lipinski definition) is 2. The predicted octanol–water partition coefficient (Wildman–Crippen LogP) is 4.83. The number of nitrogens with zero attached hydrogens (tertiary/aromatic N) is 3. The van der Waals surface area contributed by atoms with Crippen LogP contribution in [0, 0.1) is 0 Å². The molecule has 0 aliphatic carbocycles. The van der Waals surface area contributed by atoms with Crippen molar-refractivity contribution in [2.45, 2.75) is 76.7 Å². The molecule has 2 atom stereocenters. The summed E-state index contributed by atoms with van der Waals surface area (Å²) < 4.78 is 91.8. The van der Waals surface area contributed by atoms with Gasteiger partial charge in [0.15, 0.2) is 5.01 Å². The maximum Gasteiger partial charge on any atom is 0.408 e. The third kappa shape index (κ3) is 7.13. The number of carbonyl (C=O) groups is 2. The van der Waals surface area contributed by atoms with Gasteiger partial charge in [-0.05, 0) is 45.1 Å². The lowest BCUT2D eigenvalue weighted by Crippen LogP contribution is -2.40. The predicted molar refractivity (Wildman–Crippen MR) is 143 cm³/mol. The number of anilines is 1. The maximum atomic E-state index is 14.3. The number of nitrogens with one attached hydrogen (secondary N) is 2. The van der Waals surface area contributed by atoms with Crippen LogP contribution in [0.5, 0.6) is 0 Å². The Morgan fingerprint density at radius 1 is 1.20 bits per heavy atom. The summed E-state index contributed by atoms with van der Waals surface area (Å²) in [5, 5.41) is 4.67. The van der Waals surface area contributed by atoms with E-state index in [4.69, 9.17) is 0 Å². The van der Waals surface area contributed by atoms with Crippen molar-refractivity contribution >= 4 is 38.8 Å². The van der Waals surface area contributed by atoms with Gasteiger partial charge < -0.3 is 15.5 Å². The minimum Gasteiger partial charge on any atom is -0.359 e. The molecule has 2 fully saturated rings. The summed E-state index contributed by atoms with van der Waals surface area (Å²) in [6.07, 6.45) is -5.31. The standard InChI is InChI=1S/C25H30F5N5O4S2/c1-3-17(25(28,29)30)33-18-11-15(21(26)27)16(12-31-18)20-19(24(37)35-8-4-5-13(35)2)34-23(40-20)22(36)32-14-6-9-41(38,39)10-7-14/h11-14,17,21H,3-10H2,1-2H3,(H,31,33)(H,32,36). The Kier molecular flexibility index (Phi) is 9.21. The Labute approximate surface area is 237 Å². The van der Waals surface area contributed by atoms with Crippen LogP contribution >= 0.6 is 11.3 Å². The van der Waals surface area contributed by atoms with Gasteiger partial charge in [0.1, 0.15) is 27.4 Å². The Morgan fingerprint density at radius 2 is 1.88 bits per heavy atom. The van der Waals surface area contributed by atoms with Crippen molar-refractivity contribution < 1.29 is 40.0 Å². The SMILES string of the molecule is CCC(Nc1cc(C(F)F)c(-c2sc(C(=O)NC3CCS(=O)(=O)CC3)nc2C(=O)N2CCCC2C)cn1)C(F)(F)F. The molecule has 16 heteroatoms. The summed E-state index contributed by atoms with van der Waals surface area (Å²) in [6.45, 7) is 3.54. The fourth-order valence-corrected chi connectivity index (χ4v) is 7.39. The average Bonchev–Trinajstić information content (AvgIpc) is 3.54. The highest BCUT2D eigenvalue weighted by Gasteiger charge is 2.39. The molecule has 2 saturated heterocycles. The Balaban J connectivity index is 1.72. The normalized spacial score (nSPS) is 20.3. The number of hydrogen-bond acceptors (Lipinski definition) is 8. The van der Waals surface area contributed by atoms with Crippen LogP contribution in [0.2, 0.25) is 0 Å². The molecule has 41 heavy (non-hydrogen) atoms. The zero-order valence-electron chi connectivity index (χ0n) is 22.3. The summed E-state index contributed by atoms with van der Waals surface area (Å²) >= 11 is 0.695. The molecular weight excluding hydrogens is 593 g/mol. The van der Waals surface area contributed by atoms with Crippen LogP contribution in [0.15, 0.2) is 12.3 Å². The van der Waals surface area contributed by atoms with E-state index in [0.29, 0.717) is 17.9 Å². The average molecular weight is 624 g/mol. The van der Waals surface area contributed by atoms with Crippen LogP contribution in [0.3, 0.4) is 0 Å². The summed E-state index contributed by atoms with van der Waals surface area (Å²) in [7, 11) is -3.17. The van der Waals surface area contributed by atoms with Crippen molar-refractivity contribution in [3.63, 3.8) is 0 Å². The fourth-order valence-electron chi connectivity index (χ4n) is 4.91. The number of likely N-dealkylation sites (tertiary alicyclic amines) is 1. The van der Waals surface area contributed by atoms with Gasteiger partial charge in [0, 0.05) is 36.0 Å². The van der Waals surface area contributed by atoms with E-state index in [0.717, 1.165) is 25.1 Å². The van der Waals surface area contributed by atoms with E-state index >= 15 is 0 Å². The largest absolute Gasteiger partial charge is 0.408 e. The van der Waals surface area contributed by atoms with Gasteiger partial charge in [-0.25, -0.2) is 27.2 Å². The first-order valence-electron chi connectivity index (χ1n) is 13.1. The molecule has 0 radical (unpaired) electrons. The molecule has 9 nitrogen and oxygen atoms in total. The van der Waals surface area contributed by atoms with Gasteiger partial charge in [0.05, 0.1) is 16.4 Å². The molecule has 0 aromatic carbocycles. The second kappa shape index (κ2) is 12.2. The number of carbonyl (C=O) groups excluding carboxylic acids is 2. The van der Waals surface area contributed by atoms with Crippen LogP contribution in [-0.2, 0) is 9.84 Å². The third-order valence-corrected chi connectivity index (χ3v) is 10.1. The molecule has 0 saturated carbocycles. The van der Waals surface area contributed by atoms with Crippen LogP contribution in [0.25, 0.3) is 10.4 Å². The van der Waals surface area contributed by atoms with E-state index in [1.54, 1.807) is 0 Å². The van der Waals surface area contributed by atoms with Crippen molar-refractivity contribution in [1.82, 2.24) is 20.2 Å².